The van der Waals surface area contributed by atoms with Gasteiger partial charge in [-0.15, -0.1) is 16.7 Å². The Morgan fingerprint density at radius 3 is 2.07 bits per heavy atom. The molecule has 0 aromatic heterocycles. The third-order valence-electron chi connectivity index (χ3n) is 0.612. The monoisotopic (exact) mass is 223 g/mol. The first-order valence-corrected chi connectivity index (χ1v) is 3.73. The fourth-order valence-electron chi connectivity index (χ4n) is 0.238. The molecule has 0 bridgehead atoms. The topological polar surface area (TPSA) is 78.7 Å². The SMILES string of the molecule is C=CCOC(=O)Cl.C=CCO[N+](=O)[O-]. The van der Waals surface area contributed by atoms with Crippen LogP contribution in [0.5, 0.6) is 0 Å². The molecule has 0 unspecified atom stereocenters. The molecule has 6 nitrogen and oxygen atoms in total. The van der Waals surface area contributed by atoms with Crippen LogP contribution in [0.2, 0.25) is 0 Å². The summed E-state index contributed by atoms with van der Waals surface area (Å²) in [5, 5.41) is 8.43. The van der Waals surface area contributed by atoms with Crippen LogP contribution in [0, 0.1) is 10.1 Å². The van der Waals surface area contributed by atoms with Gasteiger partial charge in [0, 0.05) is 11.6 Å². The van der Waals surface area contributed by atoms with Gasteiger partial charge in [-0.25, -0.2) is 4.79 Å². The maximum absolute atomic E-state index is 9.70. The molecule has 80 valence electrons. The summed E-state index contributed by atoms with van der Waals surface area (Å²) in [5.41, 5.74) is -0.792. The molecule has 7 heteroatoms. The summed E-state index contributed by atoms with van der Waals surface area (Å²) in [7, 11) is 0. The highest BCUT2D eigenvalue weighted by Gasteiger charge is 1.87. The summed E-state index contributed by atoms with van der Waals surface area (Å²) in [6, 6.07) is 0. The van der Waals surface area contributed by atoms with Crippen LogP contribution < -0.4 is 0 Å². The number of ether oxygens (including phenoxy) is 1. The normalized spacial score (nSPS) is 7.50. The highest BCUT2D eigenvalue weighted by atomic mass is 35.5. The van der Waals surface area contributed by atoms with E-state index < -0.39 is 10.5 Å². The van der Waals surface area contributed by atoms with E-state index in [0.717, 1.165) is 0 Å². The largest absolute Gasteiger partial charge is 0.449 e. The molecule has 0 spiro atoms. The zero-order chi connectivity index (χ0) is 11.4. The third kappa shape index (κ3) is 22.4. The lowest BCUT2D eigenvalue weighted by molar-refractivity contribution is -0.755. The Morgan fingerprint density at radius 1 is 1.43 bits per heavy atom. The lowest BCUT2D eigenvalue weighted by Gasteiger charge is -1.88. The molecule has 0 saturated heterocycles. The van der Waals surface area contributed by atoms with Gasteiger partial charge in [0.2, 0.25) is 0 Å². The quantitative estimate of drug-likeness (QED) is 0.308. The molecule has 0 atom stereocenters. The van der Waals surface area contributed by atoms with Crippen molar-refractivity contribution in [3.8, 4) is 0 Å². The Balaban J connectivity index is 0. The summed E-state index contributed by atoms with van der Waals surface area (Å²) in [4.78, 5) is 22.8. The minimum Gasteiger partial charge on any atom is -0.449 e. The van der Waals surface area contributed by atoms with Crippen molar-refractivity contribution in [3.63, 3.8) is 0 Å². The minimum absolute atomic E-state index is 0.0347. The Labute approximate surface area is 85.9 Å². The Kier molecular flexibility index (Phi) is 12.2. The lowest BCUT2D eigenvalue weighted by atomic mass is 10.7. The van der Waals surface area contributed by atoms with E-state index in [4.69, 9.17) is 11.6 Å². The number of nitrogens with zero attached hydrogens (tertiary/aromatic N) is 1. The van der Waals surface area contributed by atoms with Crippen molar-refractivity contribution in [2.45, 2.75) is 0 Å². The van der Waals surface area contributed by atoms with Gasteiger partial charge in [-0.05, 0) is 0 Å². The number of carbonyl (C=O) groups excluding carboxylic acids is 1. The number of hydrogen-bond donors (Lipinski definition) is 0. The van der Waals surface area contributed by atoms with Crippen LogP contribution in [0.1, 0.15) is 0 Å². The zero-order valence-corrected chi connectivity index (χ0v) is 8.11. The van der Waals surface area contributed by atoms with Gasteiger partial charge in [0.25, 0.3) is 5.09 Å². The molecule has 0 heterocycles. The summed E-state index contributed by atoms with van der Waals surface area (Å²) in [6.45, 7) is 6.65. The molecule has 14 heavy (non-hydrogen) atoms. The highest BCUT2D eigenvalue weighted by molar-refractivity contribution is 6.61. The van der Waals surface area contributed by atoms with Gasteiger partial charge in [0.05, 0.1) is 0 Å². The Bertz CT molecular complexity index is 184. The van der Waals surface area contributed by atoms with Crippen molar-refractivity contribution in [2.24, 2.45) is 0 Å². The Morgan fingerprint density at radius 2 is 1.93 bits per heavy atom. The van der Waals surface area contributed by atoms with Crippen LogP contribution in [-0.2, 0) is 9.57 Å². The molecule has 0 aliphatic rings. The highest BCUT2D eigenvalue weighted by Crippen LogP contribution is 1.84. The molecule has 0 aliphatic heterocycles. The van der Waals surface area contributed by atoms with Crippen molar-refractivity contribution in [2.75, 3.05) is 13.2 Å². The molecule has 0 fully saturated rings. The molecule has 0 saturated carbocycles. The van der Waals surface area contributed by atoms with Crippen LogP contribution >= 0.6 is 11.6 Å². The first-order chi connectivity index (χ1) is 6.54. The molecule has 0 aliphatic carbocycles. The summed E-state index contributed by atoms with van der Waals surface area (Å²) < 4.78 is 4.20. The summed E-state index contributed by atoms with van der Waals surface area (Å²) in [6.07, 6.45) is 2.75. The van der Waals surface area contributed by atoms with Crippen LogP contribution in [0.3, 0.4) is 0 Å². The average molecular weight is 224 g/mol. The van der Waals surface area contributed by atoms with E-state index in [0.29, 0.717) is 0 Å². The average Bonchev–Trinajstić information content (AvgIpc) is 2.12. The van der Waals surface area contributed by atoms with E-state index in [1.54, 1.807) is 0 Å². The first kappa shape index (κ1) is 14.9. The standard InChI is InChI=1S/C4H5ClO2.C3H5NO3/c2*1-2-3-7-4(5)6/h2*2H,1,3H2. The number of rotatable bonds is 5. The van der Waals surface area contributed by atoms with E-state index in [-0.39, 0.29) is 13.2 Å². The van der Waals surface area contributed by atoms with Gasteiger partial charge in [0.1, 0.15) is 13.2 Å². The molecular formula is C7H10ClNO5. The molecular weight excluding hydrogens is 214 g/mol. The van der Waals surface area contributed by atoms with E-state index in [1.807, 2.05) is 0 Å². The molecule has 0 radical (unpaired) electrons. The van der Waals surface area contributed by atoms with E-state index in [9.17, 15) is 14.9 Å². The van der Waals surface area contributed by atoms with Gasteiger partial charge in [-0.2, -0.15) is 0 Å². The maximum atomic E-state index is 9.70. The van der Waals surface area contributed by atoms with Crippen molar-refractivity contribution < 1.29 is 19.5 Å². The van der Waals surface area contributed by atoms with Gasteiger partial charge in [-0.3, -0.25) is 0 Å². The molecule has 0 aromatic rings. The van der Waals surface area contributed by atoms with Crippen molar-refractivity contribution >= 4 is 17.0 Å². The van der Waals surface area contributed by atoms with Crippen molar-refractivity contribution in [3.05, 3.63) is 35.4 Å². The molecule has 0 rings (SSSR count). The van der Waals surface area contributed by atoms with Crippen molar-refractivity contribution in [1.82, 2.24) is 0 Å². The predicted molar refractivity (Wildman–Crippen MR) is 50.5 cm³/mol. The first-order valence-electron chi connectivity index (χ1n) is 3.36. The Hall–Kier alpha value is -1.56. The van der Waals surface area contributed by atoms with E-state index in [2.05, 4.69) is 22.7 Å². The molecule has 0 amide bonds. The second-order valence-electron chi connectivity index (χ2n) is 1.65. The summed E-state index contributed by atoms with van der Waals surface area (Å²) >= 11 is 4.75. The zero-order valence-electron chi connectivity index (χ0n) is 7.35. The predicted octanol–water partition coefficient (Wildman–Crippen LogP) is 1.93. The van der Waals surface area contributed by atoms with E-state index in [1.165, 1.54) is 12.2 Å². The van der Waals surface area contributed by atoms with Gasteiger partial charge in [-0.1, -0.05) is 18.7 Å². The minimum atomic E-state index is -0.859. The van der Waals surface area contributed by atoms with E-state index >= 15 is 0 Å². The molecule has 0 aromatic carbocycles. The van der Waals surface area contributed by atoms with Gasteiger partial charge >= 0.3 is 5.43 Å². The smallest absolute Gasteiger partial charge is 0.404 e. The molecule has 0 N–H and O–H groups in total. The van der Waals surface area contributed by atoms with Crippen LogP contribution in [0.4, 0.5) is 4.79 Å². The van der Waals surface area contributed by atoms with Crippen molar-refractivity contribution in [1.29, 1.82) is 0 Å². The third-order valence-corrected chi connectivity index (χ3v) is 0.722. The number of hydrogen-bond acceptors (Lipinski definition) is 5. The maximum Gasteiger partial charge on any atom is 0.404 e. The van der Waals surface area contributed by atoms with Gasteiger partial charge in [0.15, 0.2) is 0 Å². The van der Waals surface area contributed by atoms with Crippen LogP contribution in [-0.4, -0.2) is 23.7 Å². The number of halogens is 1. The second-order valence-corrected chi connectivity index (χ2v) is 1.95. The number of carbonyl (C=O) groups is 1. The fourth-order valence-corrected chi connectivity index (χ4v) is 0.301. The fraction of sp³-hybridized carbons (Fsp3) is 0.286. The lowest BCUT2D eigenvalue weighted by Crippen LogP contribution is -1.98. The van der Waals surface area contributed by atoms with Gasteiger partial charge < -0.3 is 9.57 Å². The second kappa shape index (κ2) is 11.4. The van der Waals surface area contributed by atoms with Crippen LogP contribution in [0.25, 0.3) is 0 Å². The van der Waals surface area contributed by atoms with Crippen LogP contribution in [0.15, 0.2) is 25.3 Å². The summed E-state index contributed by atoms with van der Waals surface area (Å²) in [5.74, 6) is 0.